The molecule has 0 heterocycles. The minimum absolute atomic E-state index is 0. The molecule has 0 spiro atoms. The largest absolute Gasteiger partial charge is 0.356 e. The molecule has 0 fully saturated rings. The van der Waals surface area contributed by atoms with Gasteiger partial charge in [-0.2, -0.15) is 0 Å². The number of guanidine groups is 1. The number of rotatable bonds is 8. The molecule has 0 aromatic heterocycles. The van der Waals surface area contributed by atoms with Crippen LogP contribution in [-0.4, -0.2) is 44.1 Å². The molecule has 0 radical (unpaired) electrons. The molecule has 4 nitrogen and oxygen atoms in total. The van der Waals surface area contributed by atoms with E-state index in [4.69, 9.17) is 0 Å². The Kier molecular flexibility index (Phi) is 12.1. The Bertz CT molecular complexity index is 419. The molecule has 0 aliphatic rings. The minimum atomic E-state index is -0.211. The Balaban J connectivity index is 0.00000441. The fourth-order valence-corrected chi connectivity index (χ4v) is 2.06. The predicted molar refractivity (Wildman–Crippen MR) is 102 cm³/mol. The maximum Gasteiger partial charge on any atom is 0.191 e. The van der Waals surface area contributed by atoms with E-state index < -0.39 is 0 Å². The minimum Gasteiger partial charge on any atom is -0.356 e. The van der Waals surface area contributed by atoms with Gasteiger partial charge in [0.1, 0.15) is 5.82 Å². The summed E-state index contributed by atoms with van der Waals surface area (Å²) in [4.78, 5) is 6.58. The van der Waals surface area contributed by atoms with Crippen molar-refractivity contribution in [1.29, 1.82) is 0 Å². The molecule has 1 aromatic carbocycles. The summed E-state index contributed by atoms with van der Waals surface area (Å²) in [5, 5.41) is 6.52. The topological polar surface area (TPSA) is 39.7 Å². The van der Waals surface area contributed by atoms with Crippen LogP contribution in [0.4, 0.5) is 4.39 Å². The van der Waals surface area contributed by atoms with Gasteiger partial charge in [0, 0.05) is 20.1 Å². The number of hydrogen-bond acceptors (Lipinski definition) is 2. The predicted octanol–water partition coefficient (Wildman–Crippen LogP) is 2.84. The summed E-state index contributed by atoms with van der Waals surface area (Å²) in [6.07, 6.45) is 1.08. The summed E-state index contributed by atoms with van der Waals surface area (Å²) in [6.45, 7) is 9.16. The summed E-state index contributed by atoms with van der Waals surface area (Å²) >= 11 is 0. The van der Waals surface area contributed by atoms with Crippen molar-refractivity contribution in [3.05, 3.63) is 35.6 Å². The molecule has 0 aliphatic carbocycles. The number of nitrogens with zero attached hydrogens (tertiary/aromatic N) is 2. The molecule has 1 aromatic rings. The Labute approximate surface area is 150 Å². The van der Waals surface area contributed by atoms with Crippen LogP contribution in [-0.2, 0) is 6.54 Å². The van der Waals surface area contributed by atoms with Gasteiger partial charge in [0.2, 0.25) is 0 Å². The summed E-state index contributed by atoms with van der Waals surface area (Å²) in [6, 6.07) is 6.49. The van der Waals surface area contributed by atoms with Crippen molar-refractivity contribution >= 4 is 29.9 Å². The molecular weight excluding hydrogens is 394 g/mol. The van der Waals surface area contributed by atoms with Crippen LogP contribution in [0.15, 0.2) is 29.3 Å². The van der Waals surface area contributed by atoms with E-state index in [2.05, 4.69) is 34.4 Å². The van der Waals surface area contributed by atoms with Gasteiger partial charge < -0.3 is 15.5 Å². The van der Waals surface area contributed by atoms with Gasteiger partial charge in [0.05, 0.1) is 0 Å². The Morgan fingerprint density at radius 3 is 2.32 bits per heavy atom. The molecule has 2 N–H and O–H groups in total. The summed E-state index contributed by atoms with van der Waals surface area (Å²) < 4.78 is 12.8. The Hall–Kier alpha value is -0.890. The molecule has 0 bridgehead atoms. The number of hydrogen-bond donors (Lipinski definition) is 2. The van der Waals surface area contributed by atoms with Crippen LogP contribution in [0.25, 0.3) is 0 Å². The Morgan fingerprint density at radius 1 is 1.14 bits per heavy atom. The third-order valence-electron chi connectivity index (χ3n) is 3.43. The highest BCUT2D eigenvalue weighted by Gasteiger charge is 2.00. The number of halogens is 2. The lowest BCUT2D eigenvalue weighted by atomic mass is 10.2. The zero-order chi connectivity index (χ0) is 15.5. The molecule has 0 saturated heterocycles. The van der Waals surface area contributed by atoms with Crippen LogP contribution >= 0.6 is 24.0 Å². The fourth-order valence-electron chi connectivity index (χ4n) is 2.06. The van der Waals surface area contributed by atoms with E-state index in [1.165, 1.54) is 12.1 Å². The quantitative estimate of drug-likeness (QED) is 0.293. The molecule has 126 valence electrons. The second-order valence-electron chi connectivity index (χ2n) is 4.86. The van der Waals surface area contributed by atoms with Gasteiger partial charge in [-0.1, -0.05) is 26.0 Å². The average molecular weight is 422 g/mol. The lowest BCUT2D eigenvalue weighted by Gasteiger charge is -2.18. The standard InChI is InChI=1S/C16H27FN4.HI/c1-4-21(5-2)12-6-11-19-16(18-3)20-13-14-7-9-15(17)10-8-14;/h7-10H,4-6,11-13H2,1-3H3,(H2,18,19,20);1H. The van der Waals surface area contributed by atoms with Crippen molar-refractivity contribution in [2.75, 3.05) is 33.2 Å². The number of benzene rings is 1. The summed E-state index contributed by atoms with van der Waals surface area (Å²) in [5.41, 5.74) is 1.03. The first-order chi connectivity index (χ1) is 10.2. The van der Waals surface area contributed by atoms with E-state index in [0.29, 0.717) is 6.54 Å². The second kappa shape index (κ2) is 12.6. The van der Waals surface area contributed by atoms with Gasteiger partial charge in [-0.3, -0.25) is 4.99 Å². The second-order valence-corrected chi connectivity index (χ2v) is 4.86. The molecule has 0 aliphatic heterocycles. The highest BCUT2D eigenvalue weighted by Crippen LogP contribution is 2.01. The Morgan fingerprint density at radius 2 is 1.77 bits per heavy atom. The fraction of sp³-hybridized carbons (Fsp3) is 0.562. The summed E-state index contributed by atoms with van der Waals surface area (Å²) in [5.74, 6) is 0.566. The summed E-state index contributed by atoms with van der Waals surface area (Å²) in [7, 11) is 1.75. The van der Waals surface area contributed by atoms with E-state index >= 15 is 0 Å². The number of aliphatic imine (C=N–C) groups is 1. The molecule has 22 heavy (non-hydrogen) atoms. The van der Waals surface area contributed by atoms with Gasteiger partial charge >= 0.3 is 0 Å². The van der Waals surface area contributed by atoms with Crippen LogP contribution < -0.4 is 10.6 Å². The zero-order valence-corrected chi connectivity index (χ0v) is 16.1. The van der Waals surface area contributed by atoms with Crippen LogP contribution in [0.5, 0.6) is 0 Å². The van der Waals surface area contributed by atoms with Crippen molar-refractivity contribution in [1.82, 2.24) is 15.5 Å². The van der Waals surface area contributed by atoms with Crippen LogP contribution in [0, 0.1) is 5.82 Å². The van der Waals surface area contributed by atoms with E-state index in [0.717, 1.165) is 44.1 Å². The van der Waals surface area contributed by atoms with Gasteiger partial charge in [-0.25, -0.2) is 4.39 Å². The molecular formula is C16H28FIN4. The van der Waals surface area contributed by atoms with Crippen molar-refractivity contribution in [2.24, 2.45) is 4.99 Å². The van der Waals surface area contributed by atoms with Crippen molar-refractivity contribution < 1.29 is 4.39 Å². The molecule has 0 unspecified atom stereocenters. The molecule has 0 atom stereocenters. The normalized spacial score (nSPS) is 11.2. The zero-order valence-electron chi connectivity index (χ0n) is 13.7. The van der Waals surface area contributed by atoms with Crippen LogP contribution in [0.1, 0.15) is 25.8 Å². The van der Waals surface area contributed by atoms with Crippen molar-refractivity contribution in [3.8, 4) is 0 Å². The lowest BCUT2D eigenvalue weighted by molar-refractivity contribution is 0.300. The van der Waals surface area contributed by atoms with Gasteiger partial charge in [0.15, 0.2) is 5.96 Å². The van der Waals surface area contributed by atoms with E-state index in [1.54, 1.807) is 19.2 Å². The first-order valence-corrected chi connectivity index (χ1v) is 7.60. The van der Waals surface area contributed by atoms with Crippen LogP contribution in [0.2, 0.25) is 0 Å². The third-order valence-corrected chi connectivity index (χ3v) is 3.43. The molecule has 0 saturated carbocycles. The third kappa shape index (κ3) is 8.53. The van der Waals surface area contributed by atoms with E-state index in [-0.39, 0.29) is 29.8 Å². The smallest absolute Gasteiger partial charge is 0.191 e. The first-order valence-electron chi connectivity index (χ1n) is 7.60. The van der Waals surface area contributed by atoms with Crippen molar-refractivity contribution in [3.63, 3.8) is 0 Å². The molecule has 6 heteroatoms. The first kappa shape index (κ1) is 21.1. The van der Waals surface area contributed by atoms with Crippen LogP contribution in [0.3, 0.4) is 0 Å². The van der Waals surface area contributed by atoms with Gasteiger partial charge in [-0.15, -0.1) is 24.0 Å². The lowest BCUT2D eigenvalue weighted by Crippen LogP contribution is -2.38. The highest BCUT2D eigenvalue weighted by molar-refractivity contribution is 14.0. The van der Waals surface area contributed by atoms with E-state index in [9.17, 15) is 4.39 Å². The SMILES string of the molecule is CCN(CC)CCCNC(=NC)NCc1ccc(F)cc1.I. The highest BCUT2D eigenvalue weighted by atomic mass is 127. The molecule has 0 amide bonds. The van der Waals surface area contributed by atoms with Gasteiger partial charge in [0.25, 0.3) is 0 Å². The monoisotopic (exact) mass is 422 g/mol. The average Bonchev–Trinajstić information content (AvgIpc) is 2.52. The van der Waals surface area contributed by atoms with Crippen molar-refractivity contribution in [2.45, 2.75) is 26.8 Å². The molecule has 1 rings (SSSR count). The maximum atomic E-state index is 12.8. The van der Waals surface area contributed by atoms with Gasteiger partial charge in [-0.05, 0) is 43.8 Å². The maximum absolute atomic E-state index is 12.8. The van der Waals surface area contributed by atoms with E-state index in [1.807, 2.05) is 0 Å². The number of nitrogens with one attached hydrogen (secondary N) is 2.